The van der Waals surface area contributed by atoms with E-state index < -0.39 is 23.8 Å². The summed E-state index contributed by atoms with van der Waals surface area (Å²) in [5.74, 6) is -1.26. The zero-order chi connectivity index (χ0) is 23.3. The van der Waals surface area contributed by atoms with Crippen LogP contribution in [0.25, 0.3) is 11.3 Å². The fourth-order valence-electron chi connectivity index (χ4n) is 5.03. The zero-order valence-electron chi connectivity index (χ0n) is 18.3. The molecule has 0 saturated heterocycles. The number of benzene rings is 2. The zero-order valence-corrected chi connectivity index (χ0v) is 18.3. The largest absolute Gasteiger partial charge is 0.379 e. The molecule has 2 heterocycles. The number of halogens is 2. The van der Waals surface area contributed by atoms with Crippen molar-refractivity contribution in [1.82, 2.24) is 14.7 Å². The van der Waals surface area contributed by atoms with Crippen molar-refractivity contribution in [2.24, 2.45) is 0 Å². The molecule has 0 saturated carbocycles. The van der Waals surface area contributed by atoms with Crippen molar-refractivity contribution in [2.45, 2.75) is 38.5 Å². The normalized spacial score (nSPS) is 19.2. The molecule has 8 heteroatoms. The molecule has 0 radical (unpaired) electrons. The maximum Gasteiger partial charge on any atom is 0.219 e. The Morgan fingerprint density at radius 3 is 2.79 bits per heavy atom. The smallest absolute Gasteiger partial charge is 0.219 e. The van der Waals surface area contributed by atoms with Gasteiger partial charge in [0.2, 0.25) is 5.91 Å². The molecule has 6 nitrogen and oxygen atoms in total. The molecule has 0 spiro atoms. The molecule has 168 valence electrons. The number of nitrogens with zero attached hydrogens (tertiary/aromatic N) is 4. The average Bonchev–Trinajstić information content (AvgIpc) is 3.36. The highest BCUT2D eigenvalue weighted by atomic mass is 19.1. The molecule has 0 bridgehead atoms. The summed E-state index contributed by atoms with van der Waals surface area (Å²) in [6.07, 6.45) is 0.458. The Labute approximate surface area is 190 Å². The Balaban J connectivity index is 1.71. The van der Waals surface area contributed by atoms with Crippen molar-refractivity contribution < 1.29 is 18.3 Å². The van der Waals surface area contributed by atoms with Crippen molar-refractivity contribution >= 4 is 5.91 Å². The molecule has 1 aliphatic carbocycles. The van der Waals surface area contributed by atoms with E-state index in [4.69, 9.17) is 9.84 Å². The van der Waals surface area contributed by atoms with Crippen LogP contribution in [-0.2, 0) is 28.9 Å². The second-order valence-corrected chi connectivity index (χ2v) is 8.48. The lowest BCUT2D eigenvalue weighted by molar-refractivity contribution is -0.129. The second-order valence-electron chi connectivity index (χ2n) is 8.48. The van der Waals surface area contributed by atoms with Crippen molar-refractivity contribution in [2.75, 3.05) is 13.7 Å². The number of aromatic nitrogens is 2. The average molecular weight is 448 g/mol. The highest BCUT2D eigenvalue weighted by molar-refractivity contribution is 5.75. The number of amides is 1. The highest BCUT2D eigenvalue weighted by Crippen LogP contribution is 2.41. The van der Waals surface area contributed by atoms with Gasteiger partial charge in [0.25, 0.3) is 0 Å². The van der Waals surface area contributed by atoms with Gasteiger partial charge in [-0.2, -0.15) is 10.4 Å². The molecule has 2 atom stereocenters. The van der Waals surface area contributed by atoms with Crippen molar-refractivity contribution in [3.8, 4) is 17.3 Å². The molecule has 3 aromatic rings. The summed E-state index contributed by atoms with van der Waals surface area (Å²) >= 11 is 0. The van der Waals surface area contributed by atoms with Gasteiger partial charge in [-0.25, -0.2) is 8.78 Å². The van der Waals surface area contributed by atoms with Crippen LogP contribution in [0.2, 0.25) is 0 Å². The van der Waals surface area contributed by atoms with E-state index in [9.17, 15) is 18.8 Å². The van der Waals surface area contributed by atoms with Crippen molar-refractivity contribution in [3.05, 3.63) is 76.0 Å². The fourth-order valence-corrected chi connectivity index (χ4v) is 5.03. The van der Waals surface area contributed by atoms with E-state index in [0.29, 0.717) is 48.3 Å². The van der Waals surface area contributed by atoms with E-state index in [-0.39, 0.29) is 5.91 Å². The number of nitriles is 1. The molecule has 1 amide bonds. The number of fused-ring (bicyclic) bond motifs is 2. The molecule has 0 N–H and O–H groups in total. The van der Waals surface area contributed by atoms with Gasteiger partial charge in [-0.3, -0.25) is 9.48 Å². The summed E-state index contributed by atoms with van der Waals surface area (Å²) in [7, 11) is 1.56. The van der Waals surface area contributed by atoms with Gasteiger partial charge in [0.05, 0.1) is 23.4 Å². The van der Waals surface area contributed by atoms with Crippen LogP contribution in [-0.4, -0.2) is 40.3 Å². The summed E-state index contributed by atoms with van der Waals surface area (Å²) in [5.41, 5.74) is 4.67. The van der Waals surface area contributed by atoms with Gasteiger partial charge in [-0.05, 0) is 29.3 Å². The number of carbonyl (C=O) groups excluding carboxylic acids is 1. The first-order chi connectivity index (χ1) is 15.9. The Bertz CT molecular complexity index is 1310. The van der Waals surface area contributed by atoms with E-state index in [2.05, 4.69) is 6.07 Å². The Hall–Kier alpha value is -3.57. The molecule has 2 aliphatic rings. The second kappa shape index (κ2) is 8.09. The van der Waals surface area contributed by atoms with E-state index in [1.807, 2.05) is 10.7 Å². The van der Waals surface area contributed by atoms with Crippen LogP contribution in [0.5, 0.6) is 0 Å². The first kappa shape index (κ1) is 21.3. The number of hydrogen-bond acceptors (Lipinski definition) is 4. The predicted octanol–water partition coefficient (Wildman–Crippen LogP) is 3.77. The molecule has 2 unspecified atom stereocenters. The van der Waals surface area contributed by atoms with Gasteiger partial charge < -0.3 is 9.64 Å². The molecule has 5 rings (SSSR count). The molecular formula is C25H22F2N4O2. The van der Waals surface area contributed by atoms with Crippen LogP contribution in [0.15, 0.2) is 36.4 Å². The fraction of sp³-hybridized carbons (Fsp3) is 0.320. The minimum atomic E-state index is -0.640. The molecule has 33 heavy (non-hydrogen) atoms. The lowest BCUT2D eigenvalue weighted by atomic mass is 9.99. The monoisotopic (exact) mass is 448 g/mol. The van der Waals surface area contributed by atoms with Crippen LogP contribution < -0.4 is 0 Å². The van der Waals surface area contributed by atoms with E-state index in [1.165, 1.54) is 13.0 Å². The van der Waals surface area contributed by atoms with Crippen LogP contribution in [0.1, 0.15) is 40.9 Å². The van der Waals surface area contributed by atoms with Gasteiger partial charge in [0.15, 0.2) is 0 Å². The SMILES string of the molecule is COC1Cc2c(F)cc(F)cc2C1n1nc(-c2cccc(C#N)c2)c2c1CCN(C(C)=O)C2. The van der Waals surface area contributed by atoms with Gasteiger partial charge >= 0.3 is 0 Å². The maximum absolute atomic E-state index is 14.6. The number of hydrogen-bond donors (Lipinski definition) is 0. The van der Waals surface area contributed by atoms with Crippen LogP contribution in [0, 0.1) is 23.0 Å². The Morgan fingerprint density at radius 1 is 1.24 bits per heavy atom. The van der Waals surface area contributed by atoms with Gasteiger partial charge in [-0.1, -0.05) is 12.1 Å². The first-order valence-corrected chi connectivity index (χ1v) is 10.8. The lowest BCUT2D eigenvalue weighted by Gasteiger charge is -2.29. The predicted molar refractivity (Wildman–Crippen MR) is 116 cm³/mol. The molecular weight excluding hydrogens is 426 g/mol. The topological polar surface area (TPSA) is 71.2 Å². The summed E-state index contributed by atoms with van der Waals surface area (Å²) in [4.78, 5) is 13.9. The van der Waals surface area contributed by atoms with Gasteiger partial charge in [0, 0.05) is 62.9 Å². The number of methoxy groups -OCH3 is 1. The highest BCUT2D eigenvalue weighted by Gasteiger charge is 2.40. The third-order valence-electron chi connectivity index (χ3n) is 6.63. The van der Waals surface area contributed by atoms with E-state index in [0.717, 1.165) is 22.9 Å². The van der Waals surface area contributed by atoms with Crippen LogP contribution in [0.3, 0.4) is 0 Å². The quantitative estimate of drug-likeness (QED) is 0.612. The van der Waals surface area contributed by atoms with Crippen LogP contribution in [0.4, 0.5) is 8.78 Å². The summed E-state index contributed by atoms with van der Waals surface area (Å²) < 4.78 is 36.3. The van der Waals surface area contributed by atoms with Gasteiger partial charge in [0.1, 0.15) is 17.7 Å². The third kappa shape index (κ3) is 3.49. The first-order valence-electron chi connectivity index (χ1n) is 10.8. The summed E-state index contributed by atoms with van der Waals surface area (Å²) in [6, 6.07) is 11.0. The van der Waals surface area contributed by atoms with Gasteiger partial charge in [-0.15, -0.1) is 0 Å². The third-order valence-corrected chi connectivity index (χ3v) is 6.63. The summed E-state index contributed by atoms with van der Waals surface area (Å²) in [6.45, 7) is 2.44. The summed E-state index contributed by atoms with van der Waals surface area (Å²) in [5, 5.41) is 14.3. The minimum Gasteiger partial charge on any atom is -0.379 e. The van der Waals surface area contributed by atoms with E-state index >= 15 is 0 Å². The number of ether oxygens (including phenoxy) is 1. The molecule has 2 aromatic carbocycles. The van der Waals surface area contributed by atoms with E-state index in [1.54, 1.807) is 30.2 Å². The number of rotatable bonds is 3. The van der Waals surface area contributed by atoms with Crippen molar-refractivity contribution in [3.63, 3.8) is 0 Å². The standard InChI is InChI=1S/C25H22F2N4O2/c1-14(32)30-7-6-22-20(13-30)24(16-5-3-4-15(8-16)12-28)29-31(22)25-19-9-17(26)10-21(27)18(19)11-23(25)33-2/h3-5,8-10,23,25H,6-7,11,13H2,1-2H3. The maximum atomic E-state index is 14.6. The van der Waals surface area contributed by atoms with Crippen LogP contribution >= 0.6 is 0 Å². The van der Waals surface area contributed by atoms with Crippen molar-refractivity contribution in [1.29, 1.82) is 5.26 Å². The Kier molecular flexibility index (Phi) is 5.22. The lowest BCUT2D eigenvalue weighted by Crippen LogP contribution is -2.35. The number of carbonyl (C=O) groups is 1. The molecule has 0 fully saturated rings. The minimum absolute atomic E-state index is 0.0322. The molecule has 1 aromatic heterocycles. The Morgan fingerprint density at radius 2 is 2.06 bits per heavy atom. The molecule has 1 aliphatic heterocycles.